The number of aromatic amines is 1. The number of benzene rings is 1. The highest BCUT2D eigenvalue weighted by molar-refractivity contribution is 5.87. The lowest BCUT2D eigenvalue weighted by atomic mass is 9.94. The van der Waals surface area contributed by atoms with Gasteiger partial charge in [-0.05, 0) is 30.2 Å². The maximum atomic E-state index is 12.0. The molecule has 1 atom stereocenters. The lowest BCUT2D eigenvalue weighted by Crippen LogP contribution is -2.50. The van der Waals surface area contributed by atoms with Crippen LogP contribution in [0.5, 0.6) is 5.75 Å². The summed E-state index contributed by atoms with van der Waals surface area (Å²) in [5.74, 6) is 1.10. The van der Waals surface area contributed by atoms with E-state index in [1.54, 1.807) is 7.11 Å². The van der Waals surface area contributed by atoms with Gasteiger partial charge in [0, 0.05) is 36.6 Å². The molecule has 110 valence electrons. The molecule has 1 saturated heterocycles. The van der Waals surface area contributed by atoms with Crippen LogP contribution in [0.25, 0.3) is 10.9 Å². The van der Waals surface area contributed by atoms with Crippen molar-refractivity contribution >= 4 is 16.8 Å². The Labute approximate surface area is 123 Å². The minimum absolute atomic E-state index is 0.191. The van der Waals surface area contributed by atoms with Crippen LogP contribution in [0.4, 0.5) is 0 Å². The molecular formula is C16H19N3O2. The second kappa shape index (κ2) is 4.49. The molecule has 2 aromatic rings. The van der Waals surface area contributed by atoms with Gasteiger partial charge in [0.25, 0.3) is 0 Å². The lowest BCUT2D eigenvalue weighted by Gasteiger charge is -2.42. The third kappa shape index (κ3) is 1.84. The molecule has 1 N–H and O–H groups in total. The minimum atomic E-state index is 0.191. The minimum Gasteiger partial charge on any atom is -0.497 e. The average molecular weight is 285 g/mol. The third-order valence-electron chi connectivity index (χ3n) is 4.76. The summed E-state index contributed by atoms with van der Waals surface area (Å²) >= 11 is 0. The first-order valence-electron chi connectivity index (χ1n) is 7.34. The van der Waals surface area contributed by atoms with Crippen molar-refractivity contribution in [3.8, 4) is 5.75 Å². The van der Waals surface area contributed by atoms with E-state index >= 15 is 0 Å². The highest BCUT2D eigenvalue weighted by Gasteiger charge is 2.36. The van der Waals surface area contributed by atoms with Crippen molar-refractivity contribution in [3.05, 3.63) is 29.5 Å². The normalized spacial score (nSPS) is 22.3. The van der Waals surface area contributed by atoms with Gasteiger partial charge in [-0.3, -0.25) is 9.69 Å². The number of nitrogens with one attached hydrogen (secondary N) is 1. The zero-order chi connectivity index (χ0) is 14.6. The molecule has 1 unspecified atom stereocenters. The fraction of sp³-hybridized carbons (Fsp3) is 0.438. The van der Waals surface area contributed by atoms with E-state index in [1.807, 2.05) is 18.0 Å². The van der Waals surface area contributed by atoms with Crippen molar-refractivity contribution in [1.29, 1.82) is 0 Å². The van der Waals surface area contributed by atoms with E-state index in [1.165, 1.54) is 16.6 Å². The SMILES string of the molecule is COc1ccc2[nH]c3c(c2c1)CCN1CN(C)C(=O)CC31. The highest BCUT2D eigenvalue weighted by Crippen LogP contribution is 2.39. The largest absolute Gasteiger partial charge is 0.497 e. The van der Waals surface area contributed by atoms with Crippen LogP contribution < -0.4 is 4.74 Å². The van der Waals surface area contributed by atoms with Crippen molar-refractivity contribution in [1.82, 2.24) is 14.8 Å². The highest BCUT2D eigenvalue weighted by atomic mass is 16.5. The van der Waals surface area contributed by atoms with Gasteiger partial charge < -0.3 is 14.6 Å². The number of amides is 1. The van der Waals surface area contributed by atoms with Gasteiger partial charge in [0.1, 0.15) is 5.75 Å². The van der Waals surface area contributed by atoms with Crippen LogP contribution in [0, 0.1) is 0 Å². The predicted octanol–water partition coefficient (Wildman–Crippen LogP) is 1.90. The van der Waals surface area contributed by atoms with Gasteiger partial charge in [-0.1, -0.05) is 0 Å². The Hall–Kier alpha value is -2.01. The molecular weight excluding hydrogens is 266 g/mol. The monoisotopic (exact) mass is 285 g/mol. The van der Waals surface area contributed by atoms with Gasteiger partial charge in [-0.15, -0.1) is 0 Å². The van der Waals surface area contributed by atoms with Crippen LogP contribution in [0.15, 0.2) is 18.2 Å². The molecule has 0 radical (unpaired) electrons. The first-order valence-corrected chi connectivity index (χ1v) is 7.34. The molecule has 5 heteroatoms. The number of methoxy groups -OCH3 is 1. The van der Waals surface area contributed by atoms with E-state index in [0.717, 1.165) is 30.9 Å². The van der Waals surface area contributed by atoms with E-state index in [-0.39, 0.29) is 11.9 Å². The summed E-state index contributed by atoms with van der Waals surface area (Å²) < 4.78 is 5.34. The Morgan fingerprint density at radius 1 is 1.38 bits per heavy atom. The molecule has 1 aromatic heterocycles. The molecule has 2 aliphatic rings. The Morgan fingerprint density at radius 2 is 2.24 bits per heavy atom. The Balaban J connectivity index is 1.82. The molecule has 4 rings (SSSR count). The van der Waals surface area contributed by atoms with Gasteiger partial charge in [0.15, 0.2) is 0 Å². The maximum Gasteiger partial charge on any atom is 0.225 e. The van der Waals surface area contributed by atoms with Crippen molar-refractivity contribution < 1.29 is 9.53 Å². The Kier molecular flexibility index (Phi) is 2.72. The molecule has 0 spiro atoms. The van der Waals surface area contributed by atoms with Crippen LogP contribution in [-0.2, 0) is 11.2 Å². The summed E-state index contributed by atoms with van der Waals surface area (Å²) in [5, 5.41) is 1.23. The number of ether oxygens (including phenoxy) is 1. The van der Waals surface area contributed by atoms with Crippen LogP contribution in [0.2, 0.25) is 0 Å². The summed E-state index contributed by atoms with van der Waals surface area (Å²) in [7, 11) is 3.57. The number of fused-ring (bicyclic) bond motifs is 5. The Bertz CT molecular complexity index is 722. The first kappa shape index (κ1) is 12.7. The van der Waals surface area contributed by atoms with E-state index in [9.17, 15) is 4.79 Å². The van der Waals surface area contributed by atoms with Crippen LogP contribution >= 0.6 is 0 Å². The molecule has 2 aliphatic heterocycles. The van der Waals surface area contributed by atoms with Crippen molar-refractivity contribution in [2.24, 2.45) is 0 Å². The van der Waals surface area contributed by atoms with Crippen molar-refractivity contribution in [2.45, 2.75) is 18.9 Å². The van der Waals surface area contributed by atoms with Crippen LogP contribution in [0.3, 0.4) is 0 Å². The fourth-order valence-electron chi connectivity index (χ4n) is 3.60. The second-order valence-corrected chi connectivity index (χ2v) is 5.94. The fourth-order valence-corrected chi connectivity index (χ4v) is 3.60. The van der Waals surface area contributed by atoms with Crippen molar-refractivity contribution in [2.75, 3.05) is 27.4 Å². The van der Waals surface area contributed by atoms with Crippen LogP contribution in [0.1, 0.15) is 23.7 Å². The van der Waals surface area contributed by atoms with E-state index in [2.05, 4.69) is 22.0 Å². The zero-order valence-corrected chi connectivity index (χ0v) is 12.3. The molecule has 1 fully saturated rings. The summed E-state index contributed by atoms with van der Waals surface area (Å²) in [6, 6.07) is 6.32. The topological polar surface area (TPSA) is 48.6 Å². The maximum absolute atomic E-state index is 12.0. The van der Waals surface area contributed by atoms with Gasteiger partial charge in [0.05, 0.1) is 19.8 Å². The molecule has 0 saturated carbocycles. The third-order valence-corrected chi connectivity index (χ3v) is 4.76. The van der Waals surface area contributed by atoms with Gasteiger partial charge >= 0.3 is 0 Å². The predicted molar refractivity (Wildman–Crippen MR) is 80.3 cm³/mol. The molecule has 5 nitrogen and oxygen atoms in total. The number of hydrogen-bond acceptors (Lipinski definition) is 3. The number of carbonyl (C=O) groups is 1. The average Bonchev–Trinajstić information content (AvgIpc) is 2.86. The first-order chi connectivity index (χ1) is 10.2. The van der Waals surface area contributed by atoms with Gasteiger partial charge in [0.2, 0.25) is 5.91 Å². The Morgan fingerprint density at radius 3 is 3.05 bits per heavy atom. The molecule has 3 heterocycles. The quantitative estimate of drug-likeness (QED) is 0.870. The summed E-state index contributed by atoms with van der Waals surface area (Å²) in [6.45, 7) is 1.72. The smallest absolute Gasteiger partial charge is 0.225 e. The standard InChI is InChI=1S/C16H19N3O2/c1-18-9-19-6-5-11-12-7-10(21-2)3-4-13(12)17-16(11)14(19)8-15(18)20/h3-4,7,14,17H,5-6,8-9H2,1-2H3. The second-order valence-electron chi connectivity index (χ2n) is 5.94. The summed E-state index contributed by atoms with van der Waals surface area (Å²) in [6.07, 6.45) is 1.58. The van der Waals surface area contributed by atoms with E-state index in [4.69, 9.17) is 4.74 Å². The van der Waals surface area contributed by atoms with E-state index < -0.39 is 0 Å². The summed E-state index contributed by atoms with van der Waals surface area (Å²) in [4.78, 5) is 19.8. The number of H-pyrrole nitrogens is 1. The molecule has 0 bridgehead atoms. The van der Waals surface area contributed by atoms with Gasteiger partial charge in [-0.2, -0.15) is 0 Å². The van der Waals surface area contributed by atoms with Gasteiger partial charge in [-0.25, -0.2) is 0 Å². The van der Waals surface area contributed by atoms with Crippen molar-refractivity contribution in [3.63, 3.8) is 0 Å². The number of hydrogen-bond donors (Lipinski definition) is 1. The molecule has 1 amide bonds. The number of carbonyl (C=O) groups excluding carboxylic acids is 1. The lowest BCUT2D eigenvalue weighted by molar-refractivity contribution is -0.139. The molecule has 21 heavy (non-hydrogen) atoms. The van der Waals surface area contributed by atoms with Crippen LogP contribution in [-0.4, -0.2) is 48.1 Å². The molecule has 0 aliphatic carbocycles. The number of nitrogens with zero attached hydrogens (tertiary/aromatic N) is 2. The molecule has 1 aromatic carbocycles. The van der Waals surface area contributed by atoms with E-state index in [0.29, 0.717) is 6.42 Å². The summed E-state index contributed by atoms with van der Waals surface area (Å²) in [5.41, 5.74) is 3.70. The number of aromatic nitrogens is 1. The number of rotatable bonds is 1. The zero-order valence-electron chi connectivity index (χ0n) is 12.3.